The highest BCUT2D eigenvalue weighted by atomic mass is 35.5. The van der Waals surface area contributed by atoms with Crippen molar-refractivity contribution in [3.8, 4) is 11.5 Å². The van der Waals surface area contributed by atoms with Crippen LogP contribution in [-0.4, -0.2) is 59.4 Å². The van der Waals surface area contributed by atoms with Gasteiger partial charge in [0.25, 0.3) is 0 Å². The van der Waals surface area contributed by atoms with Gasteiger partial charge in [0, 0.05) is 41.5 Å². The van der Waals surface area contributed by atoms with Crippen LogP contribution < -0.4 is 15.1 Å². The molecule has 1 aromatic heterocycles. The van der Waals surface area contributed by atoms with Crippen LogP contribution >= 0.6 is 20.1 Å². The summed E-state index contributed by atoms with van der Waals surface area (Å²) in [5.41, 5.74) is 2.97. The number of nitrogens with one attached hydrogen (secondary N) is 1. The number of nitrogens with zero attached hydrogens (tertiary/aromatic N) is 2. The summed E-state index contributed by atoms with van der Waals surface area (Å²) in [4.78, 5) is 12.5. The fourth-order valence-electron chi connectivity index (χ4n) is 4.73. The first-order chi connectivity index (χ1) is 17.2. The molecule has 10 heteroatoms. The van der Waals surface area contributed by atoms with E-state index < -0.39 is 20.0 Å². The zero-order valence-corrected chi connectivity index (χ0v) is 23.4. The second kappa shape index (κ2) is 12.5. The lowest BCUT2D eigenvalue weighted by molar-refractivity contribution is -0.153. The van der Waals surface area contributed by atoms with E-state index in [4.69, 9.17) is 30.9 Å². The minimum absolute atomic E-state index is 0.00454. The molecule has 36 heavy (non-hydrogen) atoms. The van der Waals surface area contributed by atoms with Gasteiger partial charge in [0.2, 0.25) is 0 Å². The average molecular weight is 537 g/mol. The van der Waals surface area contributed by atoms with E-state index >= 15 is 0 Å². The van der Waals surface area contributed by atoms with E-state index in [1.165, 1.54) is 7.11 Å². The zero-order chi connectivity index (χ0) is 26.5. The predicted octanol–water partition coefficient (Wildman–Crippen LogP) is 5.52. The first kappa shape index (κ1) is 28.5. The normalized spacial score (nSPS) is 14.8. The van der Waals surface area contributed by atoms with E-state index in [-0.39, 0.29) is 12.1 Å². The first-order valence-electron chi connectivity index (χ1n) is 12.1. The van der Waals surface area contributed by atoms with Gasteiger partial charge in [0.1, 0.15) is 6.10 Å². The van der Waals surface area contributed by atoms with Crippen molar-refractivity contribution in [2.24, 2.45) is 0 Å². The van der Waals surface area contributed by atoms with Gasteiger partial charge in [-0.15, -0.1) is 0 Å². The van der Waals surface area contributed by atoms with E-state index in [9.17, 15) is 9.67 Å². The third-order valence-electron chi connectivity index (χ3n) is 6.20. The third-order valence-corrected chi connectivity index (χ3v) is 7.32. The molecule has 3 rings (SSSR count). The number of pyridine rings is 1. The van der Waals surface area contributed by atoms with Crippen molar-refractivity contribution >= 4 is 41.9 Å². The molecule has 0 aliphatic heterocycles. The van der Waals surface area contributed by atoms with Gasteiger partial charge in [-0.3, -0.25) is 0 Å². The van der Waals surface area contributed by atoms with Crippen molar-refractivity contribution < 1.29 is 24.0 Å². The Kier molecular flexibility index (Phi) is 9.86. The SMILES string of the molecule is COc1ccc2nc3cc(Cl)ccc3cc2c1ONCCCC(OC)C(O)([PH+]=O)N(C(C)C)C(C)C. The molecule has 0 spiro atoms. The van der Waals surface area contributed by atoms with Gasteiger partial charge in [-0.1, -0.05) is 22.2 Å². The Morgan fingerprint density at radius 3 is 2.44 bits per heavy atom. The summed E-state index contributed by atoms with van der Waals surface area (Å²) < 4.78 is 23.3. The van der Waals surface area contributed by atoms with Gasteiger partial charge in [0.15, 0.2) is 11.5 Å². The summed E-state index contributed by atoms with van der Waals surface area (Å²) in [6.07, 6.45) is 0.463. The van der Waals surface area contributed by atoms with Crippen molar-refractivity contribution in [3.05, 3.63) is 41.4 Å². The van der Waals surface area contributed by atoms with Crippen LogP contribution in [0.15, 0.2) is 36.4 Å². The molecule has 0 saturated carbocycles. The Bertz CT molecular complexity index is 1190. The Hall–Kier alpha value is -2.06. The molecule has 3 atom stereocenters. The average Bonchev–Trinajstić information content (AvgIpc) is 2.84. The fourth-order valence-corrected chi connectivity index (χ4v) is 5.91. The van der Waals surface area contributed by atoms with E-state index in [0.717, 1.165) is 21.8 Å². The summed E-state index contributed by atoms with van der Waals surface area (Å²) in [7, 11) is 2.17. The van der Waals surface area contributed by atoms with Crippen LogP contribution in [0.5, 0.6) is 11.5 Å². The van der Waals surface area contributed by atoms with E-state index in [0.29, 0.717) is 35.9 Å². The third kappa shape index (κ3) is 6.08. The largest absolute Gasteiger partial charge is 0.493 e. The van der Waals surface area contributed by atoms with Crippen molar-refractivity contribution in [2.75, 3.05) is 20.8 Å². The maximum atomic E-state index is 12.2. The van der Waals surface area contributed by atoms with Crippen LogP contribution in [0.2, 0.25) is 5.02 Å². The lowest BCUT2D eigenvalue weighted by atomic mass is 10.1. The number of fused-ring (bicyclic) bond motifs is 2. The van der Waals surface area contributed by atoms with Gasteiger partial charge in [0.05, 0.1) is 18.1 Å². The molecule has 2 N–H and O–H groups in total. The summed E-state index contributed by atoms with van der Waals surface area (Å²) in [6, 6.07) is 11.2. The topological polar surface area (TPSA) is 93.1 Å². The van der Waals surface area contributed by atoms with Crippen LogP contribution in [0.25, 0.3) is 21.8 Å². The lowest BCUT2D eigenvalue weighted by Gasteiger charge is -2.39. The number of hydrogen-bond acceptors (Lipinski definition) is 8. The van der Waals surface area contributed by atoms with Crippen LogP contribution in [-0.2, 0) is 9.30 Å². The summed E-state index contributed by atoms with van der Waals surface area (Å²) in [5, 5.41) is 13.7. The minimum atomic E-state index is -1.58. The Balaban J connectivity index is 1.72. The first-order valence-corrected chi connectivity index (χ1v) is 13.3. The van der Waals surface area contributed by atoms with Gasteiger partial charge in [-0.2, -0.15) is 5.48 Å². The molecule has 0 radical (unpaired) electrons. The molecule has 0 bridgehead atoms. The van der Waals surface area contributed by atoms with E-state index in [1.54, 1.807) is 7.11 Å². The van der Waals surface area contributed by atoms with Crippen LogP contribution in [0.3, 0.4) is 0 Å². The molecule has 2 aromatic carbocycles. The zero-order valence-electron chi connectivity index (χ0n) is 21.7. The summed E-state index contributed by atoms with van der Waals surface area (Å²) in [6.45, 7) is 8.35. The maximum Gasteiger partial charge on any atom is 0.379 e. The molecule has 196 valence electrons. The molecule has 0 fully saturated rings. The van der Waals surface area contributed by atoms with Crippen LogP contribution in [0.4, 0.5) is 0 Å². The lowest BCUT2D eigenvalue weighted by Crippen LogP contribution is -2.58. The number of benzene rings is 2. The quantitative estimate of drug-likeness (QED) is 0.0970. The van der Waals surface area contributed by atoms with Gasteiger partial charge in [-0.25, -0.2) is 9.88 Å². The van der Waals surface area contributed by atoms with Gasteiger partial charge < -0.3 is 19.4 Å². The molecule has 0 amide bonds. The molecule has 0 saturated heterocycles. The maximum absolute atomic E-state index is 12.2. The molecule has 3 unspecified atom stereocenters. The molecule has 0 aliphatic carbocycles. The number of ether oxygens (including phenoxy) is 2. The molecule has 8 nitrogen and oxygen atoms in total. The molecular weight excluding hydrogens is 501 g/mol. The van der Waals surface area contributed by atoms with Crippen molar-refractivity contribution in [1.29, 1.82) is 0 Å². The molecule has 0 aliphatic rings. The van der Waals surface area contributed by atoms with Crippen LogP contribution in [0, 0.1) is 0 Å². The summed E-state index contributed by atoms with van der Waals surface area (Å²) >= 11 is 6.13. The number of halogens is 1. The highest BCUT2D eigenvalue weighted by molar-refractivity contribution is 7.25. The van der Waals surface area contributed by atoms with Crippen molar-refractivity contribution in [1.82, 2.24) is 15.4 Å². The number of rotatable bonds is 13. The molecule has 1 heterocycles. The van der Waals surface area contributed by atoms with Gasteiger partial charge in [-0.05, 0) is 70.9 Å². The second-order valence-electron chi connectivity index (χ2n) is 9.27. The smallest absolute Gasteiger partial charge is 0.379 e. The van der Waals surface area contributed by atoms with E-state index in [1.807, 2.05) is 69.0 Å². The number of methoxy groups -OCH3 is 2. The second-order valence-corrected chi connectivity index (χ2v) is 10.7. The monoisotopic (exact) mass is 536 g/mol. The number of hydroxylamine groups is 1. The van der Waals surface area contributed by atoms with Crippen molar-refractivity contribution in [2.45, 2.75) is 64.2 Å². The number of aliphatic hydroxyl groups is 1. The fraction of sp³-hybridized carbons (Fsp3) is 0.500. The predicted molar refractivity (Wildman–Crippen MR) is 146 cm³/mol. The highest BCUT2D eigenvalue weighted by Gasteiger charge is 2.53. The standard InChI is InChI=1S/C26H35ClN3O5P/c1-16(2)30(17(3)4)26(31,36-32)24(34-6)8-7-13-28-35-25-20-14-18-9-10-19(27)15-22(18)29-21(20)11-12-23(25)33-5/h9-12,14-17,24,28,31H,7-8,13H2,1-6H3/p+1. The molecule has 3 aromatic rings. The van der Waals surface area contributed by atoms with E-state index in [2.05, 4.69) is 5.48 Å². The highest BCUT2D eigenvalue weighted by Crippen LogP contribution is 2.37. The molecular formula is C26H36ClN3O5P+. The Labute approximate surface area is 219 Å². The number of hydrogen-bond donors (Lipinski definition) is 2. The number of aromatic nitrogens is 1. The Morgan fingerprint density at radius 2 is 1.83 bits per heavy atom. The Morgan fingerprint density at radius 1 is 1.11 bits per heavy atom. The van der Waals surface area contributed by atoms with Crippen LogP contribution in [0.1, 0.15) is 40.5 Å². The van der Waals surface area contributed by atoms with Crippen molar-refractivity contribution in [3.63, 3.8) is 0 Å². The summed E-state index contributed by atoms with van der Waals surface area (Å²) in [5.74, 6) is 1.11. The van der Waals surface area contributed by atoms with Gasteiger partial charge >= 0.3 is 13.9 Å². The minimum Gasteiger partial charge on any atom is -0.493 e.